The highest BCUT2D eigenvalue weighted by Crippen LogP contribution is 2.12. The van der Waals surface area contributed by atoms with Gasteiger partial charge in [0.05, 0.1) is 6.26 Å². The van der Waals surface area contributed by atoms with Gasteiger partial charge in [0.15, 0.2) is 5.76 Å². The maximum Gasteiger partial charge on any atom is 0.287 e. The SMILES string of the molecule is Cc1ccc(N)cc1C(=O)NCCCNC(=O)c1occc1C. The molecule has 0 unspecified atom stereocenters. The summed E-state index contributed by atoms with van der Waals surface area (Å²) in [5, 5.41) is 5.57. The molecule has 0 aliphatic heterocycles. The summed E-state index contributed by atoms with van der Waals surface area (Å²) < 4.78 is 5.11. The van der Waals surface area contributed by atoms with Crippen LogP contribution >= 0.6 is 0 Å². The van der Waals surface area contributed by atoms with E-state index < -0.39 is 0 Å². The smallest absolute Gasteiger partial charge is 0.287 e. The normalized spacial score (nSPS) is 10.3. The summed E-state index contributed by atoms with van der Waals surface area (Å²) in [5.74, 6) is -0.0852. The summed E-state index contributed by atoms with van der Waals surface area (Å²) in [7, 11) is 0. The molecule has 1 aromatic carbocycles. The quantitative estimate of drug-likeness (QED) is 0.561. The number of hydrogen-bond donors (Lipinski definition) is 3. The molecule has 0 aliphatic carbocycles. The molecule has 0 atom stereocenters. The van der Waals surface area contributed by atoms with Crippen molar-refractivity contribution in [1.82, 2.24) is 10.6 Å². The zero-order valence-electron chi connectivity index (χ0n) is 13.3. The Balaban J connectivity index is 1.73. The average Bonchev–Trinajstić information content (AvgIpc) is 2.95. The first-order chi connectivity index (χ1) is 11.0. The molecule has 0 saturated heterocycles. The Kier molecular flexibility index (Phi) is 5.41. The lowest BCUT2D eigenvalue weighted by molar-refractivity contribution is 0.0924. The summed E-state index contributed by atoms with van der Waals surface area (Å²) in [6.07, 6.45) is 2.11. The number of carbonyl (C=O) groups excluding carboxylic acids is 2. The fourth-order valence-electron chi connectivity index (χ4n) is 2.16. The van der Waals surface area contributed by atoms with Crippen molar-refractivity contribution in [2.75, 3.05) is 18.8 Å². The third-order valence-electron chi connectivity index (χ3n) is 3.50. The zero-order valence-corrected chi connectivity index (χ0v) is 13.3. The minimum atomic E-state index is -0.245. The average molecular weight is 315 g/mol. The van der Waals surface area contributed by atoms with E-state index in [0.717, 1.165) is 11.1 Å². The molecule has 23 heavy (non-hydrogen) atoms. The van der Waals surface area contributed by atoms with Crippen molar-refractivity contribution < 1.29 is 14.0 Å². The van der Waals surface area contributed by atoms with Crippen LogP contribution in [0.2, 0.25) is 0 Å². The molecule has 122 valence electrons. The van der Waals surface area contributed by atoms with Gasteiger partial charge in [-0.2, -0.15) is 0 Å². The molecule has 0 radical (unpaired) electrons. The van der Waals surface area contributed by atoms with Crippen LogP contribution in [0, 0.1) is 13.8 Å². The van der Waals surface area contributed by atoms with E-state index in [1.807, 2.05) is 19.9 Å². The second kappa shape index (κ2) is 7.49. The van der Waals surface area contributed by atoms with Crippen molar-refractivity contribution in [2.45, 2.75) is 20.3 Å². The van der Waals surface area contributed by atoms with E-state index in [1.165, 1.54) is 6.26 Å². The van der Waals surface area contributed by atoms with E-state index in [2.05, 4.69) is 10.6 Å². The number of amides is 2. The fourth-order valence-corrected chi connectivity index (χ4v) is 2.16. The summed E-state index contributed by atoms with van der Waals surface area (Å²) >= 11 is 0. The minimum absolute atomic E-state index is 0.164. The van der Waals surface area contributed by atoms with Gasteiger partial charge in [-0.25, -0.2) is 0 Å². The Labute approximate surface area is 135 Å². The number of hydrogen-bond acceptors (Lipinski definition) is 4. The molecule has 0 bridgehead atoms. The summed E-state index contributed by atoms with van der Waals surface area (Å²) in [5.41, 5.74) is 8.50. The third kappa shape index (κ3) is 4.35. The molecule has 6 heteroatoms. The van der Waals surface area contributed by atoms with E-state index in [1.54, 1.807) is 18.2 Å². The number of nitrogen functional groups attached to an aromatic ring is 1. The van der Waals surface area contributed by atoms with Gasteiger partial charge >= 0.3 is 0 Å². The Hall–Kier alpha value is -2.76. The Morgan fingerprint density at radius 3 is 2.39 bits per heavy atom. The van der Waals surface area contributed by atoms with Gasteiger partial charge in [-0.05, 0) is 44.0 Å². The summed E-state index contributed by atoms with van der Waals surface area (Å²) in [4.78, 5) is 23.9. The third-order valence-corrected chi connectivity index (χ3v) is 3.50. The van der Waals surface area contributed by atoms with Crippen LogP contribution in [0.15, 0.2) is 34.9 Å². The van der Waals surface area contributed by atoms with Crippen LogP contribution < -0.4 is 16.4 Å². The molecule has 6 nitrogen and oxygen atoms in total. The highest BCUT2D eigenvalue weighted by molar-refractivity contribution is 5.96. The van der Waals surface area contributed by atoms with Gasteiger partial charge in [0.1, 0.15) is 0 Å². The van der Waals surface area contributed by atoms with Gasteiger partial charge < -0.3 is 20.8 Å². The molecule has 0 aliphatic rings. The van der Waals surface area contributed by atoms with E-state index >= 15 is 0 Å². The van der Waals surface area contributed by atoms with E-state index in [9.17, 15) is 9.59 Å². The van der Waals surface area contributed by atoms with Crippen molar-refractivity contribution in [3.8, 4) is 0 Å². The lowest BCUT2D eigenvalue weighted by atomic mass is 10.1. The first-order valence-electron chi connectivity index (χ1n) is 7.45. The molecule has 2 aromatic rings. The molecule has 1 heterocycles. The van der Waals surface area contributed by atoms with E-state index in [0.29, 0.717) is 36.5 Å². The van der Waals surface area contributed by atoms with Crippen LogP contribution in [0.5, 0.6) is 0 Å². The zero-order chi connectivity index (χ0) is 16.8. The van der Waals surface area contributed by atoms with Crippen LogP contribution in [-0.2, 0) is 0 Å². The number of anilines is 1. The molecule has 0 fully saturated rings. The summed E-state index contributed by atoms with van der Waals surface area (Å²) in [6.45, 7) is 4.59. The lowest BCUT2D eigenvalue weighted by Gasteiger charge is -2.09. The molecule has 2 amide bonds. The lowest BCUT2D eigenvalue weighted by Crippen LogP contribution is -2.30. The molecular formula is C17H21N3O3. The van der Waals surface area contributed by atoms with Crippen LogP contribution in [0.1, 0.15) is 38.5 Å². The maximum absolute atomic E-state index is 12.1. The Morgan fingerprint density at radius 1 is 1.04 bits per heavy atom. The number of nitrogens with two attached hydrogens (primary N) is 1. The van der Waals surface area contributed by atoms with Crippen molar-refractivity contribution >= 4 is 17.5 Å². The maximum atomic E-state index is 12.1. The van der Waals surface area contributed by atoms with E-state index in [4.69, 9.17) is 10.2 Å². The van der Waals surface area contributed by atoms with Crippen LogP contribution in [0.25, 0.3) is 0 Å². The number of aryl methyl sites for hydroxylation is 2. The number of benzene rings is 1. The molecule has 1 aromatic heterocycles. The minimum Gasteiger partial charge on any atom is -0.459 e. The van der Waals surface area contributed by atoms with Gasteiger partial charge in [-0.1, -0.05) is 6.07 Å². The first-order valence-corrected chi connectivity index (χ1v) is 7.45. The molecule has 4 N–H and O–H groups in total. The number of carbonyl (C=O) groups is 2. The topological polar surface area (TPSA) is 97.4 Å². The largest absolute Gasteiger partial charge is 0.459 e. The second-order valence-electron chi connectivity index (χ2n) is 5.37. The number of furan rings is 1. The molecule has 0 saturated carbocycles. The number of nitrogens with one attached hydrogen (secondary N) is 2. The van der Waals surface area contributed by atoms with Crippen molar-refractivity contribution in [1.29, 1.82) is 0 Å². The van der Waals surface area contributed by atoms with Crippen LogP contribution in [-0.4, -0.2) is 24.9 Å². The van der Waals surface area contributed by atoms with Crippen LogP contribution in [0.4, 0.5) is 5.69 Å². The molecule has 2 rings (SSSR count). The van der Waals surface area contributed by atoms with Crippen molar-refractivity contribution in [3.05, 3.63) is 53.0 Å². The van der Waals surface area contributed by atoms with Crippen LogP contribution in [0.3, 0.4) is 0 Å². The highest BCUT2D eigenvalue weighted by Gasteiger charge is 2.12. The van der Waals surface area contributed by atoms with Gasteiger partial charge in [-0.3, -0.25) is 9.59 Å². The predicted molar refractivity (Wildman–Crippen MR) is 88.3 cm³/mol. The summed E-state index contributed by atoms with van der Waals surface area (Å²) in [6, 6.07) is 6.98. The fraction of sp³-hybridized carbons (Fsp3) is 0.294. The van der Waals surface area contributed by atoms with Gasteiger partial charge in [-0.15, -0.1) is 0 Å². The second-order valence-corrected chi connectivity index (χ2v) is 5.37. The van der Waals surface area contributed by atoms with E-state index in [-0.39, 0.29) is 11.8 Å². The predicted octanol–water partition coefficient (Wildman–Crippen LogP) is 2.03. The number of rotatable bonds is 6. The Bertz CT molecular complexity index is 707. The standard InChI is InChI=1S/C17H21N3O3/c1-11-4-5-13(18)10-14(11)16(21)19-7-3-8-20-17(22)15-12(2)6-9-23-15/h4-6,9-10H,3,7-8,18H2,1-2H3,(H,19,21)(H,20,22). The van der Waals surface area contributed by atoms with Gasteiger partial charge in [0.25, 0.3) is 11.8 Å². The van der Waals surface area contributed by atoms with Gasteiger partial charge in [0, 0.05) is 29.9 Å². The first kappa shape index (κ1) is 16.6. The molecular weight excluding hydrogens is 294 g/mol. The highest BCUT2D eigenvalue weighted by atomic mass is 16.3. The Morgan fingerprint density at radius 2 is 1.74 bits per heavy atom. The molecule has 0 spiro atoms. The monoisotopic (exact) mass is 315 g/mol. The van der Waals surface area contributed by atoms with Crippen molar-refractivity contribution in [3.63, 3.8) is 0 Å². The van der Waals surface area contributed by atoms with Gasteiger partial charge in [0.2, 0.25) is 0 Å². The van der Waals surface area contributed by atoms with Crippen molar-refractivity contribution in [2.24, 2.45) is 0 Å².